The van der Waals surface area contributed by atoms with Crippen LogP contribution in [0.1, 0.15) is 44.6 Å². The molecular weight excluding hydrogens is 340 g/mol. The number of ether oxygens (including phenoxy) is 1. The van der Waals surface area contributed by atoms with Crippen molar-refractivity contribution in [3.8, 4) is 17.2 Å². The number of phenolic OH excluding ortho intramolecular Hbond substituents is 1. The Balaban J connectivity index is 2.22. The predicted octanol–water partition coefficient (Wildman–Crippen LogP) is 4.94. The summed E-state index contributed by atoms with van der Waals surface area (Å²) < 4.78 is 37.8. The Morgan fingerprint density at radius 3 is 2.44 bits per heavy atom. The number of benzene rings is 2. The van der Waals surface area contributed by atoms with Crippen LogP contribution in [-0.4, -0.2) is 18.1 Å². The summed E-state index contributed by atoms with van der Waals surface area (Å²) in [6, 6.07) is 10.7. The van der Waals surface area contributed by atoms with Crippen LogP contribution in [-0.2, 0) is 16.5 Å². The van der Waals surface area contributed by atoms with Gasteiger partial charge >= 0.3 is 0 Å². The van der Waals surface area contributed by atoms with Crippen molar-refractivity contribution in [3.63, 3.8) is 0 Å². The highest BCUT2D eigenvalue weighted by Crippen LogP contribution is 2.31. The molecule has 5 nitrogen and oxygen atoms in total. The van der Waals surface area contributed by atoms with E-state index in [0.717, 1.165) is 24.8 Å². The third kappa shape index (κ3) is 6.07. The van der Waals surface area contributed by atoms with Crippen LogP contribution < -0.4 is 4.74 Å². The van der Waals surface area contributed by atoms with Crippen molar-refractivity contribution in [2.24, 2.45) is 0 Å². The lowest BCUT2D eigenvalue weighted by Crippen LogP contribution is -2.00. The predicted molar refractivity (Wildman–Crippen MR) is 96.9 cm³/mol. The van der Waals surface area contributed by atoms with E-state index in [1.807, 2.05) is 0 Å². The van der Waals surface area contributed by atoms with Crippen molar-refractivity contribution in [1.82, 2.24) is 0 Å². The number of aromatic hydroxyl groups is 1. The number of hydrogen-bond acceptors (Lipinski definition) is 4. The van der Waals surface area contributed by atoms with Crippen molar-refractivity contribution in [2.45, 2.75) is 50.3 Å². The van der Waals surface area contributed by atoms with Crippen LogP contribution in [0.5, 0.6) is 17.2 Å². The van der Waals surface area contributed by atoms with Crippen molar-refractivity contribution >= 4 is 10.1 Å². The number of hydrogen-bond donors (Lipinski definition) is 2. The summed E-state index contributed by atoms with van der Waals surface area (Å²) in [5, 5.41) is 9.55. The zero-order chi connectivity index (χ0) is 18.3. The van der Waals surface area contributed by atoms with Gasteiger partial charge in [0.15, 0.2) is 0 Å². The molecule has 0 spiro atoms. The molecule has 0 aliphatic heterocycles. The standard InChI is InChI=1S/C19H24O5S/c1-2-3-4-5-6-8-15-11-12-18(25(21,22)23)14-19(15)24-17-10-7-9-16(20)13-17/h7,9-14,20H,2-6,8H2,1H3,(H,21,22,23). The lowest BCUT2D eigenvalue weighted by Gasteiger charge is -2.13. The number of unbranched alkanes of at least 4 members (excludes halogenated alkanes) is 4. The summed E-state index contributed by atoms with van der Waals surface area (Å²) in [5.41, 5.74) is 0.868. The molecule has 0 unspecified atom stereocenters. The van der Waals surface area contributed by atoms with Crippen LogP contribution in [0.3, 0.4) is 0 Å². The molecular formula is C19H24O5S. The highest BCUT2D eigenvalue weighted by Gasteiger charge is 2.14. The lowest BCUT2D eigenvalue weighted by atomic mass is 10.0. The normalized spacial score (nSPS) is 11.4. The van der Waals surface area contributed by atoms with Crippen LogP contribution in [0.25, 0.3) is 0 Å². The topological polar surface area (TPSA) is 83.8 Å². The smallest absolute Gasteiger partial charge is 0.294 e. The minimum absolute atomic E-state index is 0.0598. The summed E-state index contributed by atoms with van der Waals surface area (Å²) >= 11 is 0. The maximum absolute atomic E-state index is 11.4. The fraction of sp³-hybridized carbons (Fsp3) is 0.368. The minimum atomic E-state index is -4.30. The van der Waals surface area contributed by atoms with Crippen molar-refractivity contribution in [2.75, 3.05) is 0 Å². The van der Waals surface area contributed by atoms with E-state index < -0.39 is 10.1 Å². The SMILES string of the molecule is CCCCCCCc1ccc(S(=O)(=O)O)cc1Oc1cccc(O)c1. The Kier molecular flexibility index (Phi) is 6.84. The molecule has 0 bridgehead atoms. The Hall–Kier alpha value is -2.05. The second-order valence-electron chi connectivity index (χ2n) is 6.01. The molecule has 2 aromatic carbocycles. The molecule has 0 saturated carbocycles. The fourth-order valence-corrected chi connectivity index (χ4v) is 3.09. The van der Waals surface area contributed by atoms with Gasteiger partial charge in [0.1, 0.15) is 17.2 Å². The average molecular weight is 364 g/mol. The molecule has 2 rings (SSSR count). The molecule has 0 saturated heterocycles. The molecule has 0 aliphatic carbocycles. The van der Waals surface area contributed by atoms with E-state index in [2.05, 4.69) is 6.92 Å². The van der Waals surface area contributed by atoms with Crippen molar-refractivity contribution < 1.29 is 22.8 Å². The lowest BCUT2D eigenvalue weighted by molar-refractivity contribution is 0.449. The van der Waals surface area contributed by atoms with E-state index in [4.69, 9.17) is 4.74 Å². The highest BCUT2D eigenvalue weighted by atomic mass is 32.2. The maximum Gasteiger partial charge on any atom is 0.294 e. The second kappa shape index (κ2) is 8.87. The molecule has 2 aromatic rings. The van der Waals surface area contributed by atoms with Gasteiger partial charge in [-0.2, -0.15) is 8.42 Å². The number of aryl methyl sites for hydroxylation is 1. The molecule has 0 fully saturated rings. The van der Waals surface area contributed by atoms with Crippen LogP contribution in [0.4, 0.5) is 0 Å². The molecule has 0 amide bonds. The quantitative estimate of drug-likeness (QED) is 0.486. The summed E-state index contributed by atoms with van der Waals surface area (Å²) in [5.74, 6) is 0.834. The van der Waals surface area contributed by atoms with Gasteiger partial charge in [0.05, 0.1) is 4.90 Å². The van der Waals surface area contributed by atoms with E-state index in [1.54, 1.807) is 18.2 Å². The molecule has 25 heavy (non-hydrogen) atoms. The van der Waals surface area contributed by atoms with Gasteiger partial charge in [0, 0.05) is 12.1 Å². The Bertz CT molecular complexity index is 799. The maximum atomic E-state index is 11.4. The zero-order valence-electron chi connectivity index (χ0n) is 14.3. The van der Waals surface area contributed by atoms with Crippen molar-refractivity contribution in [3.05, 3.63) is 48.0 Å². The van der Waals surface area contributed by atoms with E-state index >= 15 is 0 Å². The molecule has 6 heteroatoms. The molecule has 2 N–H and O–H groups in total. The zero-order valence-corrected chi connectivity index (χ0v) is 15.1. The Morgan fingerprint density at radius 1 is 1.00 bits per heavy atom. The summed E-state index contributed by atoms with van der Waals surface area (Å²) in [7, 11) is -4.30. The van der Waals surface area contributed by atoms with E-state index in [9.17, 15) is 18.1 Å². The van der Waals surface area contributed by atoms with Gasteiger partial charge in [-0.3, -0.25) is 4.55 Å². The first kappa shape index (κ1) is 19.3. The van der Waals surface area contributed by atoms with Gasteiger partial charge < -0.3 is 9.84 Å². The fourth-order valence-electron chi connectivity index (χ4n) is 2.59. The van der Waals surface area contributed by atoms with Crippen LogP contribution in [0.2, 0.25) is 0 Å². The van der Waals surface area contributed by atoms with Gasteiger partial charge in [0.25, 0.3) is 10.1 Å². The molecule has 136 valence electrons. The minimum Gasteiger partial charge on any atom is -0.508 e. The Morgan fingerprint density at radius 2 is 1.76 bits per heavy atom. The van der Waals surface area contributed by atoms with Gasteiger partial charge in [-0.15, -0.1) is 0 Å². The van der Waals surface area contributed by atoms with Gasteiger partial charge in [-0.1, -0.05) is 44.7 Å². The monoisotopic (exact) mass is 364 g/mol. The molecule has 0 aliphatic rings. The Labute approximate surface area is 149 Å². The van der Waals surface area contributed by atoms with Gasteiger partial charge in [-0.25, -0.2) is 0 Å². The molecule has 0 atom stereocenters. The number of phenols is 1. The van der Waals surface area contributed by atoms with E-state index in [1.165, 1.54) is 43.5 Å². The first-order valence-corrected chi connectivity index (χ1v) is 9.91. The van der Waals surface area contributed by atoms with Gasteiger partial charge in [-0.05, 0) is 36.6 Å². The first-order valence-electron chi connectivity index (χ1n) is 8.47. The summed E-state index contributed by atoms with van der Waals surface area (Å²) in [6.07, 6.45) is 6.37. The van der Waals surface area contributed by atoms with Crippen LogP contribution in [0, 0.1) is 0 Å². The van der Waals surface area contributed by atoms with Crippen LogP contribution >= 0.6 is 0 Å². The third-order valence-electron chi connectivity index (χ3n) is 3.93. The second-order valence-corrected chi connectivity index (χ2v) is 7.43. The molecule has 0 radical (unpaired) electrons. The molecule has 0 aromatic heterocycles. The van der Waals surface area contributed by atoms with Gasteiger partial charge in [0.2, 0.25) is 0 Å². The van der Waals surface area contributed by atoms with E-state index in [-0.39, 0.29) is 10.6 Å². The molecule has 0 heterocycles. The van der Waals surface area contributed by atoms with Crippen molar-refractivity contribution in [1.29, 1.82) is 0 Å². The first-order chi connectivity index (χ1) is 11.9. The summed E-state index contributed by atoms with van der Waals surface area (Å²) in [4.78, 5) is -0.211. The van der Waals surface area contributed by atoms with Crippen LogP contribution in [0.15, 0.2) is 47.4 Å². The number of rotatable bonds is 9. The highest BCUT2D eigenvalue weighted by molar-refractivity contribution is 7.85. The average Bonchev–Trinajstić information content (AvgIpc) is 2.55. The summed E-state index contributed by atoms with van der Waals surface area (Å²) in [6.45, 7) is 2.16. The van der Waals surface area contributed by atoms with E-state index in [0.29, 0.717) is 11.5 Å². The third-order valence-corrected chi connectivity index (χ3v) is 4.78. The largest absolute Gasteiger partial charge is 0.508 e.